The first-order valence-electron chi connectivity index (χ1n) is 1.22. The first-order valence-corrected chi connectivity index (χ1v) is 2.82. The van der Waals surface area contributed by atoms with E-state index < -0.39 is 0 Å². The molecule has 0 aromatic carbocycles. The summed E-state index contributed by atoms with van der Waals surface area (Å²) in [6.07, 6.45) is 0. The maximum Gasteiger partial charge on any atom is 0.0402 e. The van der Waals surface area contributed by atoms with Crippen molar-refractivity contribution in [3.05, 3.63) is 0 Å². The molecule has 0 aliphatic heterocycles. The normalized spacial score (nSPS) is 4.80. The predicted octanol–water partition coefficient (Wildman–Crippen LogP) is 0.760. The third-order valence-corrected chi connectivity index (χ3v) is 0. The predicted molar refractivity (Wildman–Crippen MR) is 30.7 cm³/mol. The van der Waals surface area contributed by atoms with E-state index in [1.165, 1.54) is 0 Å². The number of rotatable bonds is 0. The molecule has 0 bridgehead atoms. The quantitative estimate of drug-likeness (QED) is 0.312. The van der Waals surface area contributed by atoms with Gasteiger partial charge in [-0.1, -0.05) is 0 Å². The third-order valence-electron chi connectivity index (χ3n) is 0. The van der Waals surface area contributed by atoms with E-state index in [0.717, 1.165) is 0 Å². The largest absolute Gasteiger partial charge is 0.397 e. The van der Waals surface area contributed by atoms with Crippen molar-refractivity contribution in [3.63, 3.8) is 0 Å². The second-order valence-corrected chi connectivity index (χ2v) is 0.316. The van der Waals surface area contributed by atoms with Crippen molar-refractivity contribution in [2.45, 2.75) is 6.92 Å². The van der Waals surface area contributed by atoms with Crippen molar-refractivity contribution in [1.82, 2.24) is 0 Å². The van der Waals surface area contributed by atoms with Gasteiger partial charge in [0.25, 0.3) is 0 Å². The molecule has 0 unspecified atom stereocenters. The van der Waals surface area contributed by atoms with Crippen LogP contribution in [-0.2, 0) is 0 Å². The van der Waals surface area contributed by atoms with Crippen LogP contribution < -0.4 is 0 Å². The molecule has 0 radical (unpaired) electrons. The molecule has 3 heteroatoms. The average Bonchev–Trinajstić information content (AvgIpc) is 1.46. The summed E-state index contributed by atoms with van der Waals surface area (Å²) in [5.41, 5.74) is 0. The van der Waals surface area contributed by atoms with Crippen molar-refractivity contribution in [3.8, 4) is 0 Å². The van der Waals surface area contributed by atoms with Crippen LogP contribution in [0, 0.1) is 0 Å². The van der Waals surface area contributed by atoms with Gasteiger partial charge in [-0.2, -0.15) is 0 Å². The summed E-state index contributed by atoms with van der Waals surface area (Å²) in [5.74, 6) is 0. The van der Waals surface area contributed by atoms with Gasteiger partial charge in [0.1, 0.15) is 0 Å². The Bertz CT molecular complexity index is 7.61. The van der Waals surface area contributed by atoms with Crippen LogP contribution in [0.3, 0.4) is 0 Å². The summed E-state index contributed by atoms with van der Waals surface area (Å²) in [5, 5.41) is 7.57. The van der Waals surface area contributed by atoms with Crippen molar-refractivity contribution in [1.29, 1.82) is 0 Å². The maximum absolute atomic E-state index is 7.57. The van der Waals surface area contributed by atoms with Crippen LogP contribution in [0.5, 0.6) is 0 Å². The zero-order valence-electron chi connectivity index (χ0n) is 3.05. The number of hydrogen-bond acceptors (Lipinski definition) is 3. The lowest BCUT2D eigenvalue weighted by molar-refractivity contribution is 0.318. The van der Waals surface area contributed by atoms with Crippen LogP contribution in [0.4, 0.5) is 0 Å². The highest BCUT2D eigenvalue weighted by Crippen LogP contribution is 1.65. The molecule has 0 amide bonds. The zero-order valence-corrected chi connectivity index (χ0v) is 4.84. The molecule has 0 aromatic heterocycles. The second kappa shape index (κ2) is 22.7. The minimum Gasteiger partial charge on any atom is -0.397 e. The summed E-state index contributed by atoms with van der Waals surface area (Å²) >= 11 is 6.44. The van der Waals surface area contributed by atoms with Crippen molar-refractivity contribution in [2.75, 3.05) is 6.61 Å². The van der Waals surface area contributed by atoms with Gasteiger partial charge in [-0.25, -0.2) is 0 Å². The lowest BCUT2D eigenvalue weighted by Crippen LogP contribution is -1.57. The fraction of sp³-hybridized carbons (Fsp3) is 1.00. The molecule has 0 aliphatic carbocycles. The van der Waals surface area contributed by atoms with Gasteiger partial charge in [0.2, 0.25) is 0 Å². The Hall–Kier alpha value is 0.660. The minimum absolute atomic E-state index is 0.250. The molecule has 0 saturated heterocycles. The van der Waals surface area contributed by atoms with Crippen molar-refractivity contribution < 1.29 is 5.11 Å². The molecule has 1 N–H and O–H groups in total. The molecule has 0 spiro atoms. The SMILES string of the molecule is CCO.SS. The highest BCUT2D eigenvalue weighted by atomic mass is 33.1. The van der Waals surface area contributed by atoms with E-state index in [1.807, 2.05) is 0 Å². The van der Waals surface area contributed by atoms with E-state index in [4.69, 9.17) is 5.11 Å². The topological polar surface area (TPSA) is 20.2 Å². The summed E-state index contributed by atoms with van der Waals surface area (Å²) in [6.45, 7) is 1.93. The number of hydrogen-bond donors (Lipinski definition) is 3. The van der Waals surface area contributed by atoms with Gasteiger partial charge in [-0.15, -0.1) is 23.3 Å². The van der Waals surface area contributed by atoms with Gasteiger partial charge in [-0.3, -0.25) is 0 Å². The Morgan fingerprint density at radius 1 is 1.60 bits per heavy atom. The summed E-state index contributed by atoms with van der Waals surface area (Å²) in [7, 11) is 0. The van der Waals surface area contributed by atoms with Crippen LogP contribution >= 0.6 is 23.3 Å². The molecule has 0 aliphatic rings. The summed E-state index contributed by atoms with van der Waals surface area (Å²) in [6, 6.07) is 0. The number of thiol groups is 2. The lowest BCUT2D eigenvalue weighted by atomic mass is 10.9. The molecule has 0 aromatic rings. The van der Waals surface area contributed by atoms with E-state index in [0.29, 0.717) is 0 Å². The van der Waals surface area contributed by atoms with E-state index in [-0.39, 0.29) is 6.61 Å². The van der Waals surface area contributed by atoms with E-state index in [1.54, 1.807) is 6.92 Å². The average molecular weight is 112 g/mol. The molecule has 1 nitrogen and oxygen atoms in total. The molecule has 5 heavy (non-hydrogen) atoms. The Labute approximate surface area is 42.6 Å². The van der Waals surface area contributed by atoms with E-state index in [9.17, 15) is 0 Å². The molecule has 0 rings (SSSR count). The monoisotopic (exact) mass is 112 g/mol. The second-order valence-electron chi connectivity index (χ2n) is 0.316. The molecular weight excluding hydrogens is 104 g/mol. The highest BCUT2D eigenvalue weighted by molar-refractivity contribution is 8.59. The number of aliphatic hydroxyl groups is 1. The van der Waals surface area contributed by atoms with Crippen LogP contribution in [0.15, 0.2) is 0 Å². The van der Waals surface area contributed by atoms with Crippen LogP contribution in [-0.4, -0.2) is 11.7 Å². The Morgan fingerprint density at radius 3 is 1.60 bits per heavy atom. The molecule has 0 atom stereocenters. The molecular formula is C2H8OS2. The smallest absolute Gasteiger partial charge is 0.0402 e. The van der Waals surface area contributed by atoms with E-state index >= 15 is 0 Å². The van der Waals surface area contributed by atoms with Crippen LogP contribution in [0.2, 0.25) is 0 Å². The van der Waals surface area contributed by atoms with Crippen LogP contribution in [0.25, 0.3) is 0 Å². The molecule has 34 valence electrons. The van der Waals surface area contributed by atoms with Crippen molar-refractivity contribution >= 4 is 23.3 Å². The fourth-order valence-corrected chi connectivity index (χ4v) is 0. The number of aliphatic hydroxyl groups excluding tert-OH is 1. The molecule has 0 saturated carbocycles. The minimum atomic E-state index is 0.250. The van der Waals surface area contributed by atoms with Gasteiger partial charge >= 0.3 is 0 Å². The Kier molecular flexibility index (Phi) is 41.6. The molecule has 0 heterocycles. The Balaban J connectivity index is 0. The summed E-state index contributed by atoms with van der Waals surface area (Å²) < 4.78 is 0. The first kappa shape index (κ1) is 9.18. The standard InChI is InChI=1S/C2H6O.H2S2/c1-2-3;1-2/h3H,2H2,1H3;1-2H. The van der Waals surface area contributed by atoms with Gasteiger partial charge in [0, 0.05) is 6.61 Å². The fourth-order valence-electron chi connectivity index (χ4n) is 0. The van der Waals surface area contributed by atoms with Gasteiger partial charge in [-0.05, 0) is 6.92 Å². The maximum atomic E-state index is 7.57. The Morgan fingerprint density at radius 2 is 1.60 bits per heavy atom. The van der Waals surface area contributed by atoms with Crippen molar-refractivity contribution in [2.24, 2.45) is 0 Å². The lowest BCUT2D eigenvalue weighted by Gasteiger charge is -1.52. The van der Waals surface area contributed by atoms with Gasteiger partial charge in [0.15, 0.2) is 0 Å². The zero-order chi connectivity index (χ0) is 4.71. The van der Waals surface area contributed by atoms with Gasteiger partial charge < -0.3 is 5.11 Å². The first-order chi connectivity index (χ1) is 2.41. The highest BCUT2D eigenvalue weighted by Gasteiger charge is 1.34. The summed E-state index contributed by atoms with van der Waals surface area (Å²) in [4.78, 5) is 0. The molecule has 0 fully saturated rings. The van der Waals surface area contributed by atoms with Crippen LogP contribution in [0.1, 0.15) is 6.92 Å². The third kappa shape index (κ3) is 75.7. The van der Waals surface area contributed by atoms with E-state index in [2.05, 4.69) is 23.3 Å². The van der Waals surface area contributed by atoms with Gasteiger partial charge in [0.05, 0.1) is 0 Å².